The van der Waals surface area contributed by atoms with Crippen LogP contribution in [0.5, 0.6) is 0 Å². The summed E-state index contributed by atoms with van der Waals surface area (Å²) in [6.07, 6.45) is 3.97. The van der Waals surface area contributed by atoms with Crippen LogP contribution in [-0.2, 0) is 14.3 Å². The van der Waals surface area contributed by atoms with E-state index in [2.05, 4.69) is 11.6 Å². The number of carbonyl (C=O) groups excluding carboxylic acids is 2. The summed E-state index contributed by atoms with van der Waals surface area (Å²) < 4.78 is 5.12. The van der Waals surface area contributed by atoms with E-state index in [1.807, 2.05) is 6.07 Å². The minimum atomic E-state index is -0.769. The molecule has 2 aliphatic heterocycles. The van der Waals surface area contributed by atoms with E-state index in [4.69, 9.17) is 4.74 Å². The molecule has 0 aliphatic carbocycles. The summed E-state index contributed by atoms with van der Waals surface area (Å²) in [5, 5.41) is 9.50. The number of ether oxygens (including phenoxy) is 1. The topological polar surface area (TPSA) is 79.7 Å². The lowest BCUT2D eigenvalue weighted by Crippen LogP contribution is -2.60. The highest BCUT2D eigenvalue weighted by atomic mass is 32.2. The van der Waals surface area contributed by atoms with Gasteiger partial charge < -0.3 is 9.84 Å². The Labute approximate surface area is 137 Å². The number of hydrogen-bond acceptors (Lipinski definition) is 6. The maximum atomic E-state index is 12.4. The van der Waals surface area contributed by atoms with Crippen LogP contribution in [0, 0.1) is 5.92 Å². The van der Waals surface area contributed by atoms with Crippen molar-refractivity contribution in [1.82, 2.24) is 9.88 Å². The lowest BCUT2D eigenvalue weighted by Gasteiger charge is -2.43. The second-order valence-corrected chi connectivity index (χ2v) is 6.42. The van der Waals surface area contributed by atoms with E-state index in [9.17, 15) is 14.7 Å². The zero-order valence-electron chi connectivity index (χ0n) is 12.5. The van der Waals surface area contributed by atoms with E-state index in [1.165, 1.54) is 22.7 Å². The lowest BCUT2D eigenvalue weighted by atomic mass is 9.92. The molecule has 1 N–H and O–H groups in total. The molecule has 3 heterocycles. The molecule has 0 radical (unpaired) electrons. The molecule has 3 rings (SSSR count). The minimum Gasteiger partial charge on any atom is -0.457 e. The Morgan fingerprint density at radius 1 is 1.65 bits per heavy atom. The van der Waals surface area contributed by atoms with Gasteiger partial charge in [0.05, 0.1) is 12.0 Å². The number of carbonyl (C=O) groups is 2. The average molecular weight is 332 g/mol. The van der Waals surface area contributed by atoms with Crippen molar-refractivity contribution in [3.63, 3.8) is 0 Å². The summed E-state index contributed by atoms with van der Waals surface area (Å²) in [6.45, 7) is 5.16. The highest BCUT2D eigenvalue weighted by Crippen LogP contribution is 2.53. The third kappa shape index (κ3) is 2.55. The van der Waals surface area contributed by atoms with Gasteiger partial charge >= 0.3 is 5.97 Å². The fourth-order valence-corrected chi connectivity index (χ4v) is 4.27. The van der Waals surface area contributed by atoms with Gasteiger partial charge in [-0.15, -0.1) is 0 Å². The zero-order chi connectivity index (χ0) is 16.6. The molecule has 0 spiro atoms. The molecule has 0 bridgehead atoms. The van der Waals surface area contributed by atoms with Crippen molar-refractivity contribution in [1.29, 1.82) is 0 Å². The molecule has 1 aromatic heterocycles. The summed E-state index contributed by atoms with van der Waals surface area (Å²) in [7, 11) is 0. The van der Waals surface area contributed by atoms with Crippen molar-refractivity contribution in [3.05, 3.63) is 48.4 Å². The fraction of sp³-hybridized carbons (Fsp3) is 0.312. The molecule has 1 saturated heterocycles. The van der Waals surface area contributed by atoms with Crippen LogP contribution in [-0.4, -0.2) is 45.0 Å². The van der Waals surface area contributed by atoms with Crippen molar-refractivity contribution in [3.8, 4) is 0 Å². The predicted molar refractivity (Wildman–Crippen MR) is 85.7 cm³/mol. The molecule has 1 aromatic rings. The van der Waals surface area contributed by atoms with Crippen molar-refractivity contribution >= 4 is 28.5 Å². The standard InChI is InChI=1S/C16H16N2O4S/c1-3-7-22-16(21)12-13(10-5-4-6-17-8-10)23-15-11(9(2)19)14(20)18(12)15/h3-6,8-9,11,15,19H,1,7H2,2H3/t9-,11+,15-/m1/s1. The van der Waals surface area contributed by atoms with Crippen LogP contribution in [0.3, 0.4) is 0 Å². The molecule has 7 heteroatoms. The van der Waals surface area contributed by atoms with Crippen molar-refractivity contribution in [2.45, 2.75) is 18.4 Å². The number of fused-ring (bicyclic) bond motifs is 1. The third-order valence-electron chi connectivity index (χ3n) is 3.75. The highest BCUT2D eigenvalue weighted by Gasteiger charge is 2.58. The molecule has 6 nitrogen and oxygen atoms in total. The van der Waals surface area contributed by atoms with Crippen LogP contribution in [0.4, 0.5) is 0 Å². The van der Waals surface area contributed by atoms with E-state index in [-0.39, 0.29) is 23.6 Å². The quantitative estimate of drug-likeness (QED) is 0.499. The zero-order valence-corrected chi connectivity index (χ0v) is 13.3. The molecule has 120 valence electrons. The Morgan fingerprint density at radius 3 is 3.04 bits per heavy atom. The number of hydrogen-bond donors (Lipinski definition) is 1. The number of β-lactam (4-membered cyclic amide) rings is 1. The Balaban J connectivity index is 1.98. The van der Waals surface area contributed by atoms with Gasteiger partial charge in [0.15, 0.2) is 0 Å². The number of aliphatic hydroxyl groups excluding tert-OH is 1. The maximum absolute atomic E-state index is 12.4. The van der Waals surface area contributed by atoms with Gasteiger partial charge in [0.1, 0.15) is 17.7 Å². The SMILES string of the molecule is C=CCOC(=O)C1=C(c2cccnc2)S[C@@H]2[C@@H]([C@@H](C)O)C(=O)N12. The fourth-order valence-electron chi connectivity index (χ4n) is 2.68. The van der Waals surface area contributed by atoms with E-state index < -0.39 is 18.0 Å². The van der Waals surface area contributed by atoms with E-state index >= 15 is 0 Å². The van der Waals surface area contributed by atoms with Crippen LogP contribution in [0.15, 0.2) is 42.9 Å². The monoisotopic (exact) mass is 332 g/mol. The van der Waals surface area contributed by atoms with Gasteiger partial charge in [-0.25, -0.2) is 4.79 Å². The summed E-state index contributed by atoms with van der Waals surface area (Å²) in [6, 6.07) is 3.59. The first-order valence-corrected chi connectivity index (χ1v) is 8.04. The van der Waals surface area contributed by atoms with E-state index in [1.54, 1.807) is 25.4 Å². The molecule has 0 aromatic carbocycles. The molecular weight excluding hydrogens is 316 g/mol. The van der Waals surface area contributed by atoms with Crippen molar-refractivity contribution < 1.29 is 19.4 Å². The second-order valence-electron chi connectivity index (χ2n) is 5.29. The van der Waals surface area contributed by atoms with Crippen molar-refractivity contribution in [2.75, 3.05) is 6.61 Å². The van der Waals surface area contributed by atoms with Crippen molar-refractivity contribution in [2.24, 2.45) is 5.92 Å². The molecule has 1 amide bonds. The van der Waals surface area contributed by atoms with Gasteiger partial charge in [-0.2, -0.15) is 0 Å². The third-order valence-corrected chi connectivity index (χ3v) is 5.16. The Bertz CT molecular complexity index is 687. The molecule has 2 aliphatic rings. The van der Waals surface area contributed by atoms with Crippen LogP contribution in [0.1, 0.15) is 12.5 Å². The average Bonchev–Trinajstić information content (AvgIpc) is 2.88. The van der Waals surface area contributed by atoms with Gasteiger partial charge in [-0.05, 0) is 13.0 Å². The first-order valence-electron chi connectivity index (χ1n) is 7.16. The summed E-state index contributed by atoms with van der Waals surface area (Å²) in [5.74, 6) is -1.35. The number of rotatable bonds is 5. The molecule has 0 saturated carbocycles. The van der Waals surface area contributed by atoms with Gasteiger partial charge in [-0.1, -0.05) is 30.5 Å². The van der Waals surface area contributed by atoms with Crippen LogP contribution < -0.4 is 0 Å². The second kappa shape index (κ2) is 6.17. The van der Waals surface area contributed by atoms with Gasteiger partial charge in [0.2, 0.25) is 5.91 Å². The van der Waals surface area contributed by atoms with Gasteiger partial charge in [0.25, 0.3) is 0 Å². The number of amides is 1. The largest absolute Gasteiger partial charge is 0.457 e. The Hall–Kier alpha value is -2.12. The highest BCUT2D eigenvalue weighted by molar-refractivity contribution is 8.09. The summed E-state index contributed by atoms with van der Waals surface area (Å²) >= 11 is 1.38. The lowest BCUT2D eigenvalue weighted by molar-refractivity contribution is -0.157. The smallest absolute Gasteiger partial charge is 0.356 e. The van der Waals surface area contributed by atoms with Gasteiger partial charge in [-0.3, -0.25) is 14.7 Å². The molecular formula is C16H16N2O4S. The number of aromatic nitrogens is 1. The number of aliphatic hydroxyl groups is 1. The van der Waals surface area contributed by atoms with Crippen LogP contribution in [0.2, 0.25) is 0 Å². The summed E-state index contributed by atoms with van der Waals surface area (Å²) in [4.78, 5) is 30.8. The van der Waals surface area contributed by atoms with E-state index in [0.717, 1.165) is 5.56 Å². The molecule has 0 unspecified atom stereocenters. The van der Waals surface area contributed by atoms with Gasteiger partial charge in [0, 0.05) is 22.9 Å². The number of pyridine rings is 1. The predicted octanol–water partition coefficient (Wildman–Crippen LogP) is 1.39. The van der Waals surface area contributed by atoms with Crippen LogP contribution in [0.25, 0.3) is 4.91 Å². The molecule has 3 atom stereocenters. The summed E-state index contributed by atoms with van der Waals surface area (Å²) in [5.41, 5.74) is 0.964. The number of thioether (sulfide) groups is 1. The normalized spacial score (nSPS) is 24.1. The molecule has 23 heavy (non-hydrogen) atoms. The minimum absolute atomic E-state index is 0.0693. The van der Waals surface area contributed by atoms with E-state index in [0.29, 0.717) is 4.91 Å². The molecule has 1 fully saturated rings. The Kier molecular flexibility index (Phi) is 4.23. The number of esters is 1. The maximum Gasteiger partial charge on any atom is 0.356 e. The Morgan fingerprint density at radius 2 is 2.43 bits per heavy atom. The van der Waals surface area contributed by atoms with Crippen LogP contribution >= 0.6 is 11.8 Å². The first-order chi connectivity index (χ1) is 11.1. The first kappa shape index (κ1) is 15.8. The number of nitrogens with zero attached hydrogens (tertiary/aromatic N) is 2.